The van der Waals surface area contributed by atoms with Crippen LogP contribution in [0.2, 0.25) is 5.02 Å². The minimum Gasteiger partial charge on any atom is -0.353 e. The maximum atomic E-state index is 6.28. The molecule has 1 aromatic rings. The number of pyridine rings is 1. The molecular formula is C12H20ClN3. The standard InChI is InChI=1S/C12H20ClN3/c1-5-12(2,3)16(4)11-10(13)9(8-14)6-7-15-11/h6-7H,5,8,14H2,1-4H3. The van der Waals surface area contributed by atoms with Crippen LogP contribution in [0.4, 0.5) is 5.82 Å². The van der Waals surface area contributed by atoms with Crippen molar-refractivity contribution >= 4 is 17.4 Å². The van der Waals surface area contributed by atoms with Gasteiger partial charge in [0, 0.05) is 25.3 Å². The lowest BCUT2D eigenvalue weighted by Crippen LogP contribution is -2.41. The molecule has 1 heterocycles. The summed E-state index contributed by atoms with van der Waals surface area (Å²) in [4.78, 5) is 6.45. The normalized spacial score (nSPS) is 11.6. The van der Waals surface area contributed by atoms with Gasteiger partial charge in [0.05, 0.1) is 5.02 Å². The van der Waals surface area contributed by atoms with E-state index in [9.17, 15) is 0 Å². The molecule has 0 radical (unpaired) electrons. The van der Waals surface area contributed by atoms with Gasteiger partial charge < -0.3 is 10.6 Å². The van der Waals surface area contributed by atoms with E-state index in [2.05, 4.69) is 30.7 Å². The highest BCUT2D eigenvalue weighted by molar-refractivity contribution is 6.33. The number of anilines is 1. The zero-order chi connectivity index (χ0) is 12.3. The second-order valence-corrected chi connectivity index (χ2v) is 4.91. The van der Waals surface area contributed by atoms with E-state index in [0.29, 0.717) is 11.6 Å². The van der Waals surface area contributed by atoms with Crippen molar-refractivity contribution in [2.45, 2.75) is 39.3 Å². The molecule has 3 nitrogen and oxygen atoms in total. The topological polar surface area (TPSA) is 42.2 Å². The molecule has 0 amide bonds. The fourth-order valence-corrected chi connectivity index (χ4v) is 1.70. The minimum atomic E-state index is 0.0316. The molecule has 0 unspecified atom stereocenters. The largest absolute Gasteiger partial charge is 0.353 e. The first-order valence-corrected chi connectivity index (χ1v) is 5.89. The smallest absolute Gasteiger partial charge is 0.147 e. The molecule has 0 aromatic carbocycles. The number of nitrogens with zero attached hydrogens (tertiary/aromatic N) is 2. The summed E-state index contributed by atoms with van der Waals surface area (Å²) in [5.74, 6) is 0.802. The van der Waals surface area contributed by atoms with Gasteiger partial charge in [-0.05, 0) is 31.9 Å². The van der Waals surface area contributed by atoms with Gasteiger partial charge in [-0.25, -0.2) is 4.98 Å². The van der Waals surface area contributed by atoms with Crippen LogP contribution in [0.5, 0.6) is 0 Å². The van der Waals surface area contributed by atoms with Gasteiger partial charge in [-0.1, -0.05) is 18.5 Å². The van der Waals surface area contributed by atoms with E-state index in [1.165, 1.54) is 0 Å². The van der Waals surface area contributed by atoms with E-state index in [-0.39, 0.29) is 5.54 Å². The number of halogens is 1. The van der Waals surface area contributed by atoms with Gasteiger partial charge >= 0.3 is 0 Å². The van der Waals surface area contributed by atoms with Gasteiger partial charge in [-0.2, -0.15) is 0 Å². The van der Waals surface area contributed by atoms with Crippen molar-refractivity contribution in [2.24, 2.45) is 5.73 Å². The van der Waals surface area contributed by atoms with E-state index in [1.54, 1.807) is 6.20 Å². The minimum absolute atomic E-state index is 0.0316. The van der Waals surface area contributed by atoms with E-state index in [4.69, 9.17) is 17.3 Å². The van der Waals surface area contributed by atoms with Crippen LogP contribution >= 0.6 is 11.6 Å². The van der Waals surface area contributed by atoms with Gasteiger partial charge in [0.25, 0.3) is 0 Å². The van der Waals surface area contributed by atoms with Crippen molar-refractivity contribution in [2.75, 3.05) is 11.9 Å². The summed E-state index contributed by atoms with van der Waals surface area (Å²) >= 11 is 6.28. The molecule has 0 spiro atoms. The second kappa shape index (κ2) is 5.02. The zero-order valence-electron chi connectivity index (χ0n) is 10.4. The summed E-state index contributed by atoms with van der Waals surface area (Å²) in [6.07, 6.45) is 2.78. The number of nitrogens with two attached hydrogens (primary N) is 1. The summed E-state index contributed by atoms with van der Waals surface area (Å²) in [6, 6.07) is 1.86. The Morgan fingerprint density at radius 3 is 2.62 bits per heavy atom. The molecule has 16 heavy (non-hydrogen) atoms. The molecular weight excluding hydrogens is 222 g/mol. The molecule has 0 fully saturated rings. The SMILES string of the molecule is CCC(C)(C)N(C)c1nccc(CN)c1Cl. The number of rotatable bonds is 4. The quantitative estimate of drug-likeness (QED) is 0.882. The zero-order valence-corrected chi connectivity index (χ0v) is 11.2. The van der Waals surface area contributed by atoms with Gasteiger partial charge in [0.15, 0.2) is 0 Å². The second-order valence-electron chi connectivity index (χ2n) is 4.54. The lowest BCUT2D eigenvalue weighted by atomic mass is 10.00. The molecule has 1 rings (SSSR count). The molecule has 0 bridgehead atoms. The van der Waals surface area contributed by atoms with Crippen LogP contribution in [-0.2, 0) is 6.54 Å². The average Bonchev–Trinajstić information content (AvgIpc) is 2.28. The van der Waals surface area contributed by atoms with Crippen molar-refractivity contribution in [3.05, 3.63) is 22.8 Å². The summed E-state index contributed by atoms with van der Waals surface area (Å²) in [7, 11) is 2.01. The van der Waals surface area contributed by atoms with Crippen molar-refractivity contribution < 1.29 is 0 Å². The molecule has 0 saturated carbocycles. The van der Waals surface area contributed by atoms with Crippen LogP contribution in [0, 0.1) is 0 Å². The van der Waals surface area contributed by atoms with E-state index < -0.39 is 0 Å². The molecule has 2 N–H and O–H groups in total. The van der Waals surface area contributed by atoms with Gasteiger partial charge in [0.1, 0.15) is 5.82 Å². The molecule has 90 valence electrons. The fraction of sp³-hybridized carbons (Fsp3) is 0.583. The lowest BCUT2D eigenvalue weighted by molar-refractivity contribution is 0.467. The maximum Gasteiger partial charge on any atom is 0.147 e. The molecule has 4 heteroatoms. The highest BCUT2D eigenvalue weighted by atomic mass is 35.5. The number of aromatic nitrogens is 1. The predicted molar refractivity (Wildman–Crippen MR) is 69.9 cm³/mol. The van der Waals surface area contributed by atoms with E-state index in [0.717, 1.165) is 17.8 Å². The van der Waals surface area contributed by atoms with Gasteiger partial charge in [0.2, 0.25) is 0 Å². The Bertz CT molecular complexity index is 363. The van der Waals surface area contributed by atoms with Crippen molar-refractivity contribution in [1.82, 2.24) is 4.98 Å². The summed E-state index contributed by atoms with van der Waals surface area (Å²) < 4.78 is 0. The monoisotopic (exact) mass is 241 g/mol. The van der Waals surface area contributed by atoms with Crippen LogP contribution in [0.15, 0.2) is 12.3 Å². The Morgan fingerprint density at radius 2 is 2.12 bits per heavy atom. The van der Waals surface area contributed by atoms with Gasteiger partial charge in [-0.15, -0.1) is 0 Å². The Kier molecular flexibility index (Phi) is 4.16. The number of hydrogen-bond acceptors (Lipinski definition) is 3. The fourth-order valence-electron chi connectivity index (χ4n) is 1.39. The third-order valence-corrected chi connectivity index (χ3v) is 3.67. The highest BCUT2D eigenvalue weighted by Gasteiger charge is 2.24. The van der Waals surface area contributed by atoms with Crippen LogP contribution in [0.25, 0.3) is 0 Å². The van der Waals surface area contributed by atoms with Crippen LogP contribution in [0.1, 0.15) is 32.8 Å². The number of hydrogen-bond donors (Lipinski definition) is 1. The Balaban J connectivity index is 3.14. The molecule has 0 saturated heterocycles. The highest BCUT2D eigenvalue weighted by Crippen LogP contribution is 2.31. The van der Waals surface area contributed by atoms with Crippen LogP contribution in [0.3, 0.4) is 0 Å². The predicted octanol–water partition coefficient (Wildman–Crippen LogP) is 2.82. The average molecular weight is 242 g/mol. The van der Waals surface area contributed by atoms with Crippen molar-refractivity contribution in [3.63, 3.8) is 0 Å². The molecule has 0 atom stereocenters. The first-order valence-electron chi connectivity index (χ1n) is 5.51. The molecule has 1 aromatic heterocycles. The van der Waals surface area contributed by atoms with E-state index >= 15 is 0 Å². The molecule has 0 aliphatic rings. The maximum absolute atomic E-state index is 6.28. The Labute approximate surface area is 103 Å². The third kappa shape index (κ3) is 2.47. The van der Waals surface area contributed by atoms with Crippen molar-refractivity contribution in [1.29, 1.82) is 0 Å². The lowest BCUT2D eigenvalue weighted by Gasteiger charge is -2.36. The van der Waals surface area contributed by atoms with Crippen LogP contribution in [-0.4, -0.2) is 17.6 Å². The first-order chi connectivity index (χ1) is 7.44. The summed E-state index contributed by atoms with van der Waals surface area (Å²) in [5.41, 5.74) is 6.60. The third-order valence-electron chi connectivity index (χ3n) is 3.26. The Hall–Kier alpha value is -0.800. The molecule has 0 aliphatic carbocycles. The summed E-state index contributed by atoms with van der Waals surface area (Å²) in [6.45, 7) is 6.92. The van der Waals surface area contributed by atoms with Gasteiger partial charge in [-0.3, -0.25) is 0 Å². The molecule has 0 aliphatic heterocycles. The summed E-state index contributed by atoms with van der Waals surface area (Å²) in [5, 5.41) is 0.661. The Morgan fingerprint density at radius 1 is 1.50 bits per heavy atom. The van der Waals surface area contributed by atoms with Crippen molar-refractivity contribution in [3.8, 4) is 0 Å². The van der Waals surface area contributed by atoms with E-state index in [1.807, 2.05) is 13.1 Å². The first kappa shape index (κ1) is 13.3. The van der Waals surface area contributed by atoms with Crippen LogP contribution < -0.4 is 10.6 Å².